The third kappa shape index (κ3) is 1.48. The van der Waals surface area contributed by atoms with Gasteiger partial charge in [-0.15, -0.1) is 5.10 Å². The fraction of sp³-hybridized carbons (Fsp3) is 0. The monoisotopic (exact) mass is 247 g/mol. The summed E-state index contributed by atoms with van der Waals surface area (Å²) in [6, 6.07) is 13.8. The van der Waals surface area contributed by atoms with E-state index < -0.39 is 0 Å². The number of rotatable bonds is 1. The van der Waals surface area contributed by atoms with Crippen LogP contribution in [0.1, 0.15) is 0 Å². The Balaban J connectivity index is 2.10. The molecular weight excluding hydrogens is 238 g/mol. The minimum atomic E-state index is 0.872. The number of nitrogens with zero attached hydrogens (tertiary/aromatic N) is 5. The van der Waals surface area contributed by atoms with Crippen LogP contribution in [0.3, 0.4) is 0 Å². The number of para-hydroxylation sites is 1. The van der Waals surface area contributed by atoms with Gasteiger partial charge in [-0.3, -0.25) is 0 Å². The molecule has 0 spiro atoms. The van der Waals surface area contributed by atoms with Gasteiger partial charge in [-0.25, -0.2) is 14.6 Å². The van der Waals surface area contributed by atoms with Crippen molar-refractivity contribution in [3.05, 3.63) is 55.0 Å². The smallest absolute Gasteiger partial charge is 0.116 e. The molecule has 0 aliphatic heterocycles. The van der Waals surface area contributed by atoms with Crippen molar-refractivity contribution in [2.24, 2.45) is 0 Å². The van der Waals surface area contributed by atoms with Crippen LogP contribution in [-0.2, 0) is 0 Å². The van der Waals surface area contributed by atoms with Gasteiger partial charge in [0, 0.05) is 11.6 Å². The molecule has 0 fully saturated rings. The van der Waals surface area contributed by atoms with Crippen LogP contribution in [-0.4, -0.2) is 25.0 Å². The lowest BCUT2D eigenvalue weighted by atomic mass is 10.2. The molecule has 2 aromatic carbocycles. The van der Waals surface area contributed by atoms with E-state index in [1.54, 1.807) is 12.5 Å². The Morgan fingerprint density at radius 2 is 1.79 bits per heavy atom. The average molecular weight is 247 g/mol. The lowest BCUT2D eigenvalue weighted by Crippen LogP contribution is -1.98. The van der Waals surface area contributed by atoms with E-state index >= 15 is 0 Å². The standard InChI is InChI=1S/C14H9N5/c1-2-6-14-12(4-1)17-18-19(14)13-7-3-5-11-10(13)8-15-9-16-11/h1-9H. The van der Waals surface area contributed by atoms with Crippen molar-refractivity contribution >= 4 is 21.9 Å². The second-order valence-electron chi connectivity index (χ2n) is 4.22. The highest BCUT2D eigenvalue weighted by atomic mass is 15.4. The molecule has 5 heteroatoms. The van der Waals surface area contributed by atoms with Gasteiger partial charge < -0.3 is 0 Å². The van der Waals surface area contributed by atoms with Gasteiger partial charge in [0.1, 0.15) is 11.8 Å². The highest BCUT2D eigenvalue weighted by Gasteiger charge is 2.09. The fourth-order valence-corrected chi connectivity index (χ4v) is 2.22. The Morgan fingerprint density at radius 3 is 2.79 bits per heavy atom. The summed E-state index contributed by atoms with van der Waals surface area (Å²) < 4.78 is 1.82. The number of hydrogen-bond donors (Lipinski definition) is 0. The quantitative estimate of drug-likeness (QED) is 0.518. The van der Waals surface area contributed by atoms with Gasteiger partial charge in [-0.05, 0) is 24.3 Å². The first-order chi connectivity index (χ1) is 9.43. The van der Waals surface area contributed by atoms with E-state index in [4.69, 9.17) is 0 Å². The normalized spacial score (nSPS) is 11.2. The van der Waals surface area contributed by atoms with E-state index in [-0.39, 0.29) is 0 Å². The molecule has 0 saturated carbocycles. The van der Waals surface area contributed by atoms with Gasteiger partial charge in [-0.2, -0.15) is 0 Å². The summed E-state index contributed by atoms with van der Waals surface area (Å²) >= 11 is 0. The van der Waals surface area contributed by atoms with Crippen LogP contribution in [0.25, 0.3) is 27.6 Å². The molecule has 0 amide bonds. The number of benzene rings is 2. The maximum Gasteiger partial charge on any atom is 0.116 e. The Bertz CT molecular complexity index is 876. The highest BCUT2D eigenvalue weighted by Crippen LogP contribution is 2.22. The summed E-state index contributed by atoms with van der Waals surface area (Å²) in [6.45, 7) is 0. The molecule has 0 aliphatic rings. The minimum Gasteiger partial charge on any atom is -0.244 e. The highest BCUT2D eigenvalue weighted by molar-refractivity contribution is 5.88. The van der Waals surface area contributed by atoms with E-state index in [9.17, 15) is 0 Å². The molecule has 19 heavy (non-hydrogen) atoms. The molecule has 0 unspecified atom stereocenters. The Kier molecular flexibility index (Phi) is 2.05. The topological polar surface area (TPSA) is 56.5 Å². The first-order valence-electron chi connectivity index (χ1n) is 5.93. The van der Waals surface area contributed by atoms with E-state index in [0.717, 1.165) is 27.6 Å². The third-order valence-corrected chi connectivity index (χ3v) is 3.11. The summed E-state index contributed by atoms with van der Waals surface area (Å²) in [5, 5.41) is 9.36. The molecule has 0 N–H and O–H groups in total. The van der Waals surface area contributed by atoms with Crippen molar-refractivity contribution in [1.82, 2.24) is 25.0 Å². The predicted octanol–water partition coefficient (Wildman–Crippen LogP) is 2.36. The zero-order valence-corrected chi connectivity index (χ0v) is 9.93. The first-order valence-corrected chi connectivity index (χ1v) is 5.93. The lowest BCUT2D eigenvalue weighted by Gasteiger charge is -2.05. The molecule has 2 heterocycles. The van der Waals surface area contributed by atoms with Crippen LogP contribution < -0.4 is 0 Å². The summed E-state index contributed by atoms with van der Waals surface area (Å²) in [5.41, 5.74) is 3.68. The van der Waals surface area contributed by atoms with Gasteiger partial charge in [0.15, 0.2) is 0 Å². The summed E-state index contributed by atoms with van der Waals surface area (Å²) in [5.74, 6) is 0. The number of aromatic nitrogens is 5. The molecule has 4 aromatic rings. The SMILES string of the molecule is c1cc(-n2nnc3ccccc32)c2cncnc2c1. The van der Waals surface area contributed by atoms with Gasteiger partial charge >= 0.3 is 0 Å². The van der Waals surface area contributed by atoms with Crippen LogP contribution in [0, 0.1) is 0 Å². The molecular formula is C14H9N5. The zero-order chi connectivity index (χ0) is 12.7. The van der Waals surface area contributed by atoms with E-state index in [0.29, 0.717) is 0 Å². The lowest BCUT2D eigenvalue weighted by molar-refractivity contribution is 0.828. The van der Waals surface area contributed by atoms with E-state index in [1.807, 2.05) is 47.1 Å². The van der Waals surface area contributed by atoms with Crippen molar-refractivity contribution in [2.45, 2.75) is 0 Å². The summed E-state index contributed by atoms with van der Waals surface area (Å²) in [6.07, 6.45) is 3.35. The molecule has 0 bridgehead atoms. The van der Waals surface area contributed by atoms with Gasteiger partial charge in [0.25, 0.3) is 0 Å². The van der Waals surface area contributed by atoms with Crippen LogP contribution in [0.4, 0.5) is 0 Å². The molecule has 0 aliphatic carbocycles. The maximum atomic E-state index is 4.26. The zero-order valence-electron chi connectivity index (χ0n) is 9.93. The predicted molar refractivity (Wildman–Crippen MR) is 72.0 cm³/mol. The molecule has 5 nitrogen and oxygen atoms in total. The molecule has 4 rings (SSSR count). The van der Waals surface area contributed by atoms with E-state index in [2.05, 4.69) is 20.3 Å². The van der Waals surface area contributed by atoms with Crippen molar-refractivity contribution in [1.29, 1.82) is 0 Å². The van der Waals surface area contributed by atoms with Crippen LogP contribution in [0.5, 0.6) is 0 Å². The van der Waals surface area contributed by atoms with Crippen molar-refractivity contribution in [3.63, 3.8) is 0 Å². The Hall–Kier alpha value is -2.82. The second kappa shape index (κ2) is 3.84. The molecule has 0 saturated heterocycles. The third-order valence-electron chi connectivity index (χ3n) is 3.11. The summed E-state index contributed by atoms with van der Waals surface area (Å²) in [4.78, 5) is 8.35. The minimum absolute atomic E-state index is 0.872. The van der Waals surface area contributed by atoms with Crippen LogP contribution in [0.2, 0.25) is 0 Å². The second-order valence-corrected chi connectivity index (χ2v) is 4.22. The molecule has 0 atom stereocenters. The Morgan fingerprint density at radius 1 is 0.895 bits per heavy atom. The van der Waals surface area contributed by atoms with E-state index in [1.165, 1.54) is 0 Å². The van der Waals surface area contributed by atoms with Crippen molar-refractivity contribution in [3.8, 4) is 5.69 Å². The van der Waals surface area contributed by atoms with Crippen molar-refractivity contribution in [2.75, 3.05) is 0 Å². The maximum absolute atomic E-state index is 4.26. The molecule has 2 aromatic heterocycles. The number of hydrogen-bond acceptors (Lipinski definition) is 4. The van der Waals surface area contributed by atoms with Crippen LogP contribution in [0.15, 0.2) is 55.0 Å². The van der Waals surface area contributed by atoms with Crippen LogP contribution >= 0.6 is 0 Å². The molecule has 0 radical (unpaired) electrons. The van der Waals surface area contributed by atoms with Gasteiger partial charge in [0.05, 0.1) is 16.7 Å². The first kappa shape index (κ1) is 10.1. The summed E-state index contributed by atoms with van der Waals surface area (Å²) in [7, 11) is 0. The Labute approximate surface area is 108 Å². The molecule has 90 valence electrons. The average Bonchev–Trinajstić information content (AvgIpc) is 2.90. The van der Waals surface area contributed by atoms with Gasteiger partial charge in [-0.1, -0.05) is 23.4 Å². The largest absolute Gasteiger partial charge is 0.244 e. The van der Waals surface area contributed by atoms with Gasteiger partial charge in [0.2, 0.25) is 0 Å². The van der Waals surface area contributed by atoms with Crippen molar-refractivity contribution < 1.29 is 0 Å². The fourth-order valence-electron chi connectivity index (χ4n) is 2.22. The number of fused-ring (bicyclic) bond motifs is 2.